The lowest BCUT2D eigenvalue weighted by Gasteiger charge is -2.11. The van der Waals surface area contributed by atoms with E-state index in [9.17, 15) is 4.21 Å². The number of hydrogen-bond acceptors (Lipinski definition) is 6. The highest BCUT2D eigenvalue weighted by Gasteiger charge is 2.17. The Hall–Kier alpha value is -3.01. The number of rotatable bonds is 10. The van der Waals surface area contributed by atoms with Gasteiger partial charge < -0.3 is 20.8 Å². The first-order valence-corrected chi connectivity index (χ1v) is 11.8. The van der Waals surface area contributed by atoms with Gasteiger partial charge in [-0.1, -0.05) is 24.3 Å². The maximum Gasteiger partial charge on any atom is 0.152 e. The number of imidazole rings is 1. The second kappa shape index (κ2) is 10.1. The zero-order valence-electron chi connectivity index (χ0n) is 18.1. The van der Waals surface area contributed by atoms with E-state index in [1.807, 2.05) is 24.3 Å². The van der Waals surface area contributed by atoms with Gasteiger partial charge in [0, 0.05) is 37.7 Å². The van der Waals surface area contributed by atoms with Gasteiger partial charge in [-0.25, -0.2) is 18.9 Å². The van der Waals surface area contributed by atoms with Gasteiger partial charge in [0.25, 0.3) is 0 Å². The quantitative estimate of drug-likeness (QED) is 0.251. The summed E-state index contributed by atoms with van der Waals surface area (Å²) in [5.74, 6) is 1.37. The van der Waals surface area contributed by atoms with Crippen LogP contribution < -0.4 is 16.2 Å². The van der Waals surface area contributed by atoms with Crippen molar-refractivity contribution in [3.05, 3.63) is 54.4 Å². The van der Waals surface area contributed by atoms with Gasteiger partial charge in [0.1, 0.15) is 22.3 Å². The molecule has 8 nitrogen and oxygen atoms in total. The molecule has 0 saturated heterocycles. The van der Waals surface area contributed by atoms with Gasteiger partial charge in [-0.05, 0) is 37.1 Å². The Bertz CT molecular complexity index is 1260. The molecular formula is C23H28N6O2S. The lowest BCUT2D eigenvalue weighted by molar-refractivity contribution is 0.199. The van der Waals surface area contributed by atoms with Gasteiger partial charge in [0.05, 0.1) is 22.5 Å². The topological polar surface area (TPSA) is 121 Å². The number of anilines is 2. The van der Waals surface area contributed by atoms with Crippen molar-refractivity contribution in [2.75, 3.05) is 31.7 Å². The number of nitrogen functional groups attached to an aromatic ring is 2. The molecule has 4 rings (SSSR count). The summed E-state index contributed by atoms with van der Waals surface area (Å²) in [7, 11) is 0.408. The van der Waals surface area contributed by atoms with Crippen molar-refractivity contribution in [3.8, 4) is 0 Å². The highest BCUT2D eigenvalue weighted by atomic mass is 32.2. The number of pyridine rings is 1. The number of benzene rings is 2. The first-order chi connectivity index (χ1) is 15.6. The molecule has 0 spiro atoms. The summed E-state index contributed by atoms with van der Waals surface area (Å²) < 4.78 is 23.0. The van der Waals surface area contributed by atoms with Crippen molar-refractivity contribution in [1.82, 2.24) is 19.3 Å². The Labute approximate surface area is 189 Å². The molecule has 9 heteroatoms. The van der Waals surface area contributed by atoms with Gasteiger partial charge >= 0.3 is 0 Å². The standard InChI is InChI=1S/C23H28N6O2S/c1-31-14-11-20-28-21-22(18-9-2-3-10-19(18)27-23(21)25)29(20)13-5-4-12-26-32(30)17-8-6-7-16(24)15-17/h2-3,6-10,15,26H,4-5,11-14,24H2,1H3,(H2,25,27). The van der Waals surface area contributed by atoms with E-state index in [-0.39, 0.29) is 0 Å². The minimum Gasteiger partial charge on any atom is -0.399 e. The summed E-state index contributed by atoms with van der Waals surface area (Å²) in [6.07, 6.45) is 2.44. The van der Waals surface area contributed by atoms with E-state index in [1.165, 1.54) is 0 Å². The van der Waals surface area contributed by atoms with Crippen LogP contribution in [0, 0.1) is 0 Å². The molecule has 0 aliphatic rings. The van der Waals surface area contributed by atoms with Crippen LogP contribution in [0.3, 0.4) is 0 Å². The average Bonchev–Trinajstić information content (AvgIpc) is 3.16. The molecule has 2 heterocycles. The van der Waals surface area contributed by atoms with Gasteiger partial charge in [0.2, 0.25) is 0 Å². The highest BCUT2D eigenvalue weighted by Crippen LogP contribution is 2.29. The third-order valence-corrected chi connectivity index (χ3v) is 6.48. The number of nitrogens with one attached hydrogen (secondary N) is 1. The Balaban J connectivity index is 1.49. The molecular weight excluding hydrogens is 424 g/mol. The summed E-state index contributed by atoms with van der Waals surface area (Å²) in [5.41, 5.74) is 15.2. The molecule has 0 radical (unpaired) electrons. The minimum absolute atomic E-state index is 0.440. The fourth-order valence-corrected chi connectivity index (χ4v) is 4.74. The number of nitrogens with zero attached hydrogens (tertiary/aromatic N) is 3. The summed E-state index contributed by atoms with van der Waals surface area (Å²) in [4.78, 5) is 10.00. The van der Waals surface area contributed by atoms with Crippen LogP contribution in [0.5, 0.6) is 0 Å². The molecule has 2 aromatic carbocycles. The van der Waals surface area contributed by atoms with Crippen molar-refractivity contribution in [2.24, 2.45) is 0 Å². The van der Waals surface area contributed by atoms with E-state index >= 15 is 0 Å². The fourth-order valence-electron chi connectivity index (χ4n) is 3.80. The number of fused-ring (bicyclic) bond motifs is 3. The first kappa shape index (κ1) is 22.2. The number of unbranched alkanes of at least 4 members (excludes halogenated alkanes) is 1. The Kier molecular flexibility index (Phi) is 6.99. The molecule has 0 aliphatic heterocycles. The monoisotopic (exact) mass is 452 g/mol. The van der Waals surface area contributed by atoms with E-state index in [1.54, 1.807) is 25.3 Å². The van der Waals surface area contributed by atoms with Crippen molar-refractivity contribution < 1.29 is 8.95 Å². The summed E-state index contributed by atoms with van der Waals surface area (Å²) in [6.45, 7) is 1.98. The average molecular weight is 453 g/mol. The van der Waals surface area contributed by atoms with Gasteiger partial charge in [-0.15, -0.1) is 0 Å². The Morgan fingerprint density at radius 2 is 1.94 bits per heavy atom. The third kappa shape index (κ3) is 4.74. The van der Waals surface area contributed by atoms with E-state index < -0.39 is 11.0 Å². The number of aromatic nitrogens is 3. The molecule has 0 saturated carbocycles. The molecule has 5 N–H and O–H groups in total. The van der Waals surface area contributed by atoms with E-state index in [0.717, 1.165) is 47.1 Å². The SMILES string of the molecule is COCCc1nc2c(N)nc3ccccc3c2n1CCCCNS(=O)c1cccc(N)c1. The molecule has 0 aliphatic carbocycles. The van der Waals surface area contributed by atoms with Crippen LogP contribution in [-0.4, -0.2) is 39.0 Å². The molecule has 1 unspecified atom stereocenters. The van der Waals surface area contributed by atoms with E-state index in [4.69, 9.17) is 21.2 Å². The lowest BCUT2D eigenvalue weighted by atomic mass is 10.2. The van der Waals surface area contributed by atoms with Crippen LogP contribution in [-0.2, 0) is 28.7 Å². The lowest BCUT2D eigenvalue weighted by Crippen LogP contribution is -2.19. The molecule has 32 heavy (non-hydrogen) atoms. The second-order valence-electron chi connectivity index (χ2n) is 7.58. The van der Waals surface area contributed by atoms with Gasteiger partial charge in [-0.3, -0.25) is 0 Å². The van der Waals surface area contributed by atoms with Crippen LogP contribution in [0.2, 0.25) is 0 Å². The van der Waals surface area contributed by atoms with E-state index in [0.29, 0.717) is 36.0 Å². The number of methoxy groups -OCH3 is 1. The minimum atomic E-state index is -1.28. The summed E-state index contributed by atoms with van der Waals surface area (Å²) in [5, 5.41) is 1.04. The largest absolute Gasteiger partial charge is 0.399 e. The molecule has 0 bridgehead atoms. The normalized spacial score (nSPS) is 12.5. The Morgan fingerprint density at radius 3 is 2.75 bits per heavy atom. The van der Waals surface area contributed by atoms with Crippen LogP contribution in [0.25, 0.3) is 21.9 Å². The van der Waals surface area contributed by atoms with Crippen molar-refractivity contribution >= 4 is 44.4 Å². The zero-order chi connectivity index (χ0) is 22.5. The maximum atomic E-state index is 12.4. The van der Waals surface area contributed by atoms with Crippen LogP contribution in [0.1, 0.15) is 18.7 Å². The number of aryl methyl sites for hydroxylation is 1. The summed E-state index contributed by atoms with van der Waals surface area (Å²) >= 11 is 0. The molecule has 4 aromatic rings. The molecule has 0 fully saturated rings. The molecule has 2 aromatic heterocycles. The van der Waals surface area contributed by atoms with Crippen LogP contribution in [0.15, 0.2) is 53.4 Å². The number of nitrogens with two attached hydrogens (primary N) is 2. The smallest absolute Gasteiger partial charge is 0.152 e. The third-order valence-electron chi connectivity index (χ3n) is 5.33. The fraction of sp³-hybridized carbons (Fsp3) is 0.304. The Morgan fingerprint density at radius 1 is 1.09 bits per heavy atom. The second-order valence-corrected chi connectivity index (χ2v) is 8.87. The van der Waals surface area contributed by atoms with Gasteiger partial charge in [-0.2, -0.15) is 0 Å². The first-order valence-electron chi connectivity index (χ1n) is 10.6. The molecule has 168 valence electrons. The van der Waals surface area contributed by atoms with Crippen molar-refractivity contribution in [2.45, 2.75) is 30.7 Å². The van der Waals surface area contributed by atoms with Crippen LogP contribution in [0.4, 0.5) is 11.5 Å². The predicted molar refractivity (Wildman–Crippen MR) is 130 cm³/mol. The summed E-state index contributed by atoms with van der Waals surface area (Å²) in [6, 6.07) is 15.1. The predicted octanol–water partition coefficient (Wildman–Crippen LogP) is 3.03. The van der Waals surface area contributed by atoms with Crippen LogP contribution >= 0.6 is 0 Å². The number of ether oxygens (including phenoxy) is 1. The number of para-hydroxylation sites is 1. The van der Waals surface area contributed by atoms with E-state index in [2.05, 4.69) is 20.3 Å². The molecule has 1 atom stereocenters. The highest BCUT2D eigenvalue weighted by molar-refractivity contribution is 7.83. The van der Waals surface area contributed by atoms with Gasteiger partial charge in [0.15, 0.2) is 5.82 Å². The van der Waals surface area contributed by atoms with Crippen molar-refractivity contribution in [1.29, 1.82) is 0 Å². The van der Waals surface area contributed by atoms with Crippen molar-refractivity contribution in [3.63, 3.8) is 0 Å². The number of hydrogen-bond donors (Lipinski definition) is 3. The zero-order valence-corrected chi connectivity index (χ0v) is 18.9. The molecule has 0 amide bonds. The maximum absolute atomic E-state index is 12.4.